The highest BCUT2D eigenvalue weighted by Gasteiger charge is 2.56. The molecule has 1 aromatic carbocycles. The summed E-state index contributed by atoms with van der Waals surface area (Å²) in [5.74, 6) is -0.372. The van der Waals surface area contributed by atoms with Gasteiger partial charge in [-0.2, -0.15) is 0 Å². The first kappa shape index (κ1) is 13.8. The Morgan fingerprint density at radius 3 is 2.74 bits per heavy atom. The van der Waals surface area contributed by atoms with Gasteiger partial charge in [0.25, 0.3) is 0 Å². The summed E-state index contributed by atoms with van der Waals surface area (Å²) in [6.45, 7) is 1.93. The topological polar surface area (TPSA) is 61.6 Å². The van der Waals surface area contributed by atoms with Gasteiger partial charge in [0.05, 0.1) is 0 Å². The molecule has 2 rings (SSSR count). The minimum atomic E-state index is -0.804. The average Bonchev–Trinajstić information content (AvgIpc) is 3.12. The van der Waals surface area contributed by atoms with Crippen molar-refractivity contribution in [3.8, 4) is 0 Å². The minimum absolute atomic E-state index is 0.0631. The van der Waals surface area contributed by atoms with Crippen molar-refractivity contribution in [1.82, 2.24) is 0 Å². The van der Waals surface area contributed by atoms with Gasteiger partial charge in [-0.15, -0.1) is 0 Å². The lowest BCUT2D eigenvalue weighted by Crippen LogP contribution is -2.34. The molecular formula is C14H18FNO3. The van der Waals surface area contributed by atoms with Crippen LogP contribution in [0.2, 0.25) is 0 Å². The summed E-state index contributed by atoms with van der Waals surface area (Å²) in [4.78, 5) is 10.8. The molecule has 5 heteroatoms. The molecule has 1 aliphatic rings. The molecule has 0 spiro atoms. The van der Waals surface area contributed by atoms with Gasteiger partial charge in [-0.25, -0.2) is 9.18 Å². The molecule has 0 aromatic heterocycles. The highest BCUT2D eigenvalue weighted by atomic mass is 19.1. The normalized spacial score (nSPS) is 24.6. The summed E-state index contributed by atoms with van der Waals surface area (Å²) < 4.78 is 24.6. The summed E-state index contributed by atoms with van der Waals surface area (Å²) in [6.07, 6.45) is 0.131. The van der Waals surface area contributed by atoms with Gasteiger partial charge in [0.15, 0.2) is 0 Å². The van der Waals surface area contributed by atoms with E-state index in [2.05, 4.69) is 0 Å². The third-order valence-electron chi connectivity index (χ3n) is 3.82. The zero-order valence-corrected chi connectivity index (χ0v) is 11.1. The Bertz CT molecular complexity index is 474. The molecule has 1 aromatic rings. The van der Waals surface area contributed by atoms with Crippen molar-refractivity contribution in [2.45, 2.75) is 31.5 Å². The van der Waals surface area contributed by atoms with Gasteiger partial charge in [0, 0.05) is 18.6 Å². The van der Waals surface area contributed by atoms with Crippen LogP contribution >= 0.6 is 0 Å². The van der Waals surface area contributed by atoms with E-state index < -0.39 is 11.7 Å². The van der Waals surface area contributed by atoms with Crippen LogP contribution in [0.25, 0.3) is 0 Å². The molecule has 3 atom stereocenters. The Labute approximate surface area is 111 Å². The summed E-state index contributed by atoms with van der Waals surface area (Å²) >= 11 is 0. The molecular weight excluding hydrogens is 249 g/mol. The smallest absolute Gasteiger partial charge is 0.404 e. The van der Waals surface area contributed by atoms with E-state index in [-0.39, 0.29) is 17.8 Å². The number of primary amides is 1. The van der Waals surface area contributed by atoms with Crippen LogP contribution < -0.4 is 5.73 Å². The van der Waals surface area contributed by atoms with E-state index in [1.165, 1.54) is 6.07 Å². The van der Waals surface area contributed by atoms with Crippen LogP contribution in [0.4, 0.5) is 9.18 Å². The molecule has 0 saturated heterocycles. The standard InChI is InChI=1S/C14H18FNO3/c1-3-14(18-2,9-6-4-5-7-11(9)15)10-8-12(10)19-13(16)17/h4-7,10,12H,3,8H2,1-2H3,(H2,16,17)/t10-,12-,14?/m0/s1. The maximum atomic E-state index is 14.0. The molecule has 1 saturated carbocycles. The second-order valence-electron chi connectivity index (χ2n) is 4.74. The number of carbonyl (C=O) groups is 1. The molecule has 1 aliphatic carbocycles. The van der Waals surface area contributed by atoms with Crippen molar-refractivity contribution in [3.05, 3.63) is 35.6 Å². The number of ether oxygens (including phenoxy) is 2. The lowest BCUT2D eigenvalue weighted by molar-refractivity contribution is -0.0513. The molecule has 4 nitrogen and oxygen atoms in total. The highest BCUT2D eigenvalue weighted by molar-refractivity contribution is 5.65. The third kappa shape index (κ3) is 2.42. The van der Waals surface area contributed by atoms with Gasteiger partial charge in [0.1, 0.15) is 17.5 Å². The summed E-state index contributed by atoms with van der Waals surface area (Å²) in [5, 5.41) is 0. The molecule has 0 bridgehead atoms. The van der Waals surface area contributed by atoms with E-state index >= 15 is 0 Å². The first-order valence-electron chi connectivity index (χ1n) is 6.31. The van der Waals surface area contributed by atoms with Gasteiger partial charge in [-0.3, -0.25) is 0 Å². The summed E-state index contributed by atoms with van der Waals surface area (Å²) in [7, 11) is 1.55. The Hall–Kier alpha value is -1.62. The quantitative estimate of drug-likeness (QED) is 0.891. The molecule has 19 heavy (non-hydrogen) atoms. The van der Waals surface area contributed by atoms with Crippen molar-refractivity contribution in [2.75, 3.05) is 7.11 Å². The van der Waals surface area contributed by atoms with E-state index in [4.69, 9.17) is 15.2 Å². The van der Waals surface area contributed by atoms with Crippen molar-refractivity contribution in [3.63, 3.8) is 0 Å². The molecule has 2 N–H and O–H groups in total. The molecule has 1 unspecified atom stereocenters. The summed E-state index contributed by atoms with van der Waals surface area (Å²) in [6, 6.07) is 6.53. The van der Waals surface area contributed by atoms with Crippen molar-refractivity contribution < 1.29 is 18.7 Å². The molecule has 0 radical (unpaired) electrons. The zero-order chi connectivity index (χ0) is 14.0. The van der Waals surface area contributed by atoms with E-state index in [9.17, 15) is 9.18 Å². The number of methoxy groups -OCH3 is 1. The fourth-order valence-corrected chi connectivity index (χ4v) is 2.80. The van der Waals surface area contributed by atoms with E-state index in [0.29, 0.717) is 18.4 Å². The Morgan fingerprint density at radius 1 is 1.53 bits per heavy atom. The predicted octanol–water partition coefficient (Wildman–Crippen LogP) is 2.56. The monoisotopic (exact) mass is 267 g/mol. The van der Waals surface area contributed by atoms with E-state index in [1.807, 2.05) is 6.92 Å². The van der Waals surface area contributed by atoms with Crippen LogP contribution in [-0.4, -0.2) is 19.3 Å². The van der Waals surface area contributed by atoms with Gasteiger partial charge in [-0.05, 0) is 18.9 Å². The lowest BCUT2D eigenvalue weighted by Gasteiger charge is -2.32. The number of nitrogens with two attached hydrogens (primary N) is 1. The van der Waals surface area contributed by atoms with E-state index in [0.717, 1.165) is 0 Å². The number of halogens is 1. The molecule has 1 amide bonds. The van der Waals surface area contributed by atoms with Crippen molar-refractivity contribution in [1.29, 1.82) is 0 Å². The molecule has 104 valence electrons. The minimum Gasteiger partial charge on any atom is -0.446 e. The van der Waals surface area contributed by atoms with Gasteiger partial charge in [-0.1, -0.05) is 25.1 Å². The Morgan fingerprint density at radius 2 is 2.21 bits per heavy atom. The lowest BCUT2D eigenvalue weighted by atomic mass is 9.85. The third-order valence-corrected chi connectivity index (χ3v) is 3.82. The van der Waals surface area contributed by atoms with Crippen LogP contribution in [0.3, 0.4) is 0 Å². The Kier molecular flexibility index (Phi) is 3.75. The number of benzene rings is 1. The van der Waals surface area contributed by atoms with Crippen LogP contribution in [0.15, 0.2) is 24.3 Å². The summed E-state index contributed by atoms with van der Waals surface area (Å²) in [5.41, 5.74) is 4.74. The number of hydrogen-bond donors (Lipinski definition) is 1. The second kappa shape index (κ2) is 5.17. The molecule has 1 fully saturated rings. The first-order chi connectivity index (χ1) is 9.05. The SMILES string of the molecule is CCC(OC)(c1ccccc1F)[C@H]1C[C@@H]1OC(N)=O. The maximum Gasteiger partial charge on any atom is 0.404 e. The molecule has 0 heterocycles. The second-order valence-corrected chi connectivity index (χ2v) is 4.74. The fourth-order valence-electron chi connectivity index (χ4n) is 2.80. The Balaban J connectivity index is 2.30. The van der Waals surface area contributed by atoms with E-state index in [1.54, 1.807) is 25.3 Å². The average molecular weight is 267 g/mol. The number of rotatable bonds is 5. The predicted molar refractivity (Wildman–Crippen MR) is 67.9 cm³/mol. The largest absolute Gasteiger partial charge is 0.446 e. The first-order valence-corrected chi connectivity index (χ1v) is 6.31. The van der Waals surface area contributed by atoms with Crippen LogP contribution in [-0.2, 0) is 15.1 Å². The van der Waals surface area contributed by atoms with Gasteiger partial charge >= 0.3 is 6.09 Å². The van der Waals surface area contributed by atoms with Gasteiger partial charge < -0.3 is 15.2 Å². The zero-order valence-electron chi connectivity index (χ0n) is 11.1. The van der Waals surface area contributed by atoms with Crippen LogP contribution in [0.1, 0.15) is 25.3 Å². The number of carbonyl (C=O) groups excluding carboxylic acids is 1. The highest BCUT2D eigenvalue weighted by Crippen LogP contribution is 2.52. The number of hydrogen-bond acceptors (Lipinski definition) is 3. The fraction of sp³-hybridized carbons (Fsp3) is 0.500. The van der Waals surface area contributed by atoms with Crippen LogP contribution in [0.5, 0.6) is 0 Å². The molecule has 0 aliphatic heterocycles. The van der Waals surface area contributed by atoms with Crippen molar-refractivity contribution >= 4 is 6.09 Å². The maximum absolute atomic E-state index is 14.0. The van der Waals surface area contributed by atoms with Crippen LogP contribution in [0, 0.1) is 11.7 Å². The number of amides is 1. The van der Waals surface area contributed by atoms with Crippen molar-refractivity contribution in [2.24, 2.45) is 11.7 Å². The van der Waals surface area contributed by atoms with Gasteiger partial charge in [0.2, 0.25) is 0 Å².